The lowest BCUT2D eigenvalue weighted by molar-refractivity contribution is 0.0545. The number of carbonyl (C=O) groups excluding carboxylic acids is 1. The van der Waals surface area contributed by atoms with Crippen LogP contribution >= 0.6 is 11.6 Å². The highest BCUT2D eigenvalue weighted by Gasteiger charge is 2.41. The van der Waals surface area contributed by atoms with E-state index in [4.69, 9.17) is 11.6 Å². The van der Waals surface area contributed by atoms with Crippen LogP contribution in [0.4, 0.5) is 10.5 Å². The van der Waals surface area contributed by atoms with Gasteiger partial charge in [-0.15, -0.1) is 0 Å². The predicted molar refractivity (Wildman–Crippen MR) is 92.1 cm³/mol. The maximum Gasteiger partial charge on any atom is 0.321 e. The van der Waals surface area contributed by atoms with Crippen LogP contribution in [0.15, 0.2) is 24.3 Å². The number of sulfone groups is 1. The first-order chi connectivity index (χ1) is 11.4. The van der Waals surface area contributed by atoms with Gasteiger partial charge in [-0.05, 0) is 12.1 Å². The number of urea groups is 1. The van der Waals surface area contributed by atoms with Crippen molar-refractivity contribution in [3.63, 3.8) is 0 Å². The van der Waals surface area contributed by atoms with Crippen molar-refractivity contribution in [2.24, 2.45) is 0 Å². The summed E-state index contributed by atoms with van der Waals surface area (Å²) in [6.45, 7) is 2.01. The van der Waals surface area contributed by atoms with E-state index in [2.05, 4.69) is 5.32 Å². The van der Waals surface area contributed by atoms with Gasteiger partial charge in [0.05, 0.1) is 34.4 Å². The number of benzene rings is 1. The van der Waals surface area contributed by atoms with Crippen molar-refractivity contribution in [1.29, 1.82) is 0 Å². The fourth-order valence-corrected chi connectivity index (χ4v) is 5.19. The minimum absolute atomic E-state index is 0.0139. The molecule has 132 valence electrons. The molecule has 2 amide bonds. The summed E-state index contributed by atoms with van der Waals surface area (Å²) in [7, 11) is -3.17. The van der Waals surface area contributed by atoms with Gasteiger partial charge in [0.2, 0.25) is 0 Å². The lowest BCUT2D eigenvalue weighted by Gasteiger charge is -2.38. The Hall–Kier alpha value is -1.35. The molecule has 0 spiro atoms. The molecule has 2 saturated heterocycles. The van der Waals surface area contributed by atoms with Crippen molar-refractivity contribution < 1.29 is 18.3 Å². The van der Waals surface area contributed by atoms with Crippen LogP contribution in [0.1, 0.15) is 0 Å². The number of hydrogen-bond acceptors (Lipinski definition) is 5. The van der Waals surface area contributed by atoms with Gasteiger partial charge in [0, 0.05) is 26.2 Å². The van der Waals surface area contributed by atoms with Crippen LogP contribution in [0.25, 0.3) is 0 Å². The van der Waals surface area contributed by atoms with E-state index in [1.165, 1.54) is 0 Å². The molecule has 2 fully saturated rings. The number of nitrogens with zero attached hydrogens (tertiary/aromatic N) is 2. The van der Waals surface area contributed by atoms with E-state index in [1.54, 1.807) is 29.2 Å². The maximum atomic E-state index is 12.3. The van der Waals surface area contributed by atoms with Crippen molar-refractivity contribution in [3.05, 3.63) is 29.3 Å². The largest absolute Gasteiger partial charge is 0.390 e. The number of aliphatic hydroxyl groups is 1. The molecule has 0 aliphatic carbocycles. The Morgan fingerprint density at radius 1 is 1.17 bits per heavy atom. The minimum Gasteiger partial charge on any atom is -0.390 e. The van der Waals surface area contributed by atoms with Gasteiger partial charge in [0.15, 0.2) is 9.84 Å². The van der Waals surface area contributed by atoms with E-state index in [0.717, 1.165) is 0 Å². The molecule has 24 heavy (non-hydrogen) atoms. The third kappa shape index (κ3) is 3.83. The topological polar surface area (TPSA) is 90.0 Å². The Morgan fingerprint density at radius 2 is 1.83 bits per heavy atom. The summed E-state index contributed by atoms with van der Waals surface area (Å²) in [5.41, 5.74) is 0.559. The molecular formula is C15H20ClN3O4S. The number of aliphatic hydroxyl groups excluding tert-OH is 1. The third-order valence-electron chi connectivity index (χ3n) is 4.48. The fourth-order valence-electron chi connectivity index (χ4n) is 3.17. The molecule has 3 rings (SSSR count). The smallest absolute Gasteiger partial charge is 0.321 e. The average Bonchev–Trinajstić information content (AvgIpc) is 2.82. The normalized spacial score (nSPS) is 27.2. The molecule has 2 N–H and O–H groups in total. The Kier molecular flexibility index (Phi) is 5.00. The molecule has 2 aliphatic heterocycles. The molecule has 1 aromatic carbocycles. The zero-order valence-electron chi connectivity index (χ0n) is 13.1. The SMILES string of the molecule is O=C(Nc1ccccc1Cl)N1CCN([C@@H]2CS(=O)(=O)C[C@H]2O)CC1. The Labute approximate surface area is 146 Å². The van der Waals surface area contributed by atoms with Crippen LogP contribution in [0.5, 0.6) is 0 Å². The number of rotatable bonds is 2. The molecule has 1 aromatic rings. The third-order valence-corrected chi connectivity index (χ3v) is 6.51. The van der Waals surface area contributed by atoms with Crippen molar-refractivity contribution in [2.45, 2.75) is 12.1 Å². The molecule has 0 unspecified atom stereocenters. The molecular weight excluding hydrogens is 354 g/mol. The Morgan fingerprint density at radius 3 is 2.42 bits per heavy atom. The molecule has 2 aliphatic rings. The van der Waals surface area contributed by atoms with Gasteiger partial charge >= 0.3 is 6.03 Å². The van der Waals surface area contributed by atoms with Gasteiger partial charge in [0.1, 0.15) is 0 Å². The van der Waals surface area contributed by atoms with E-state index in [-0.39, 0.29) is 23.6 Å². The second-order valence-electron chi connectivity index (χ2n) is 6.14. The van der Waals surface area contributed by atoms with Crippen LogP contribution < -0.4 is 5.32 Å². The number of piperazine rings is 1. The first-order valence-corrected chi connectivity index (χ1v) is 9.99. The lowest BCUT2D eigenvalue weighted by atomic mass is 10.1. The maximum absolute atomic E-state index is 12.3. The van der Waals surface area contributed by atoms with Crippen LogP contribution in [0.2, 0.25) is 5.02 Å². The summed E-state index contributed by atoms with van der Waals surface area (Å²) in [6.07, 6.45) is -0.849. The summed E-state index contributed by atoms with van der Waals surface area (Å²) in [6, 6.07) is 6.41. The number of hydrogen-bond donors (Lipinski definition) is 2. The standard InChI is InChI=1S/C15H20ClN3O4S/c16-11-3-1-2-4-12(11)17-15(21)19-7-5-18(6-8-19)13-9-24(22,23)10-14(13)20/h1-4,13-14,20H,5-10H2,(H,17,21)/t13-,14-/m1/s1. The van der Waals surface area contributed by atoms with Crippen LogP contribution in [0, 0.1) is 0 Å². The number of para-hydroxylation sites is 1. The zero-order chi connectivity index (χ0) is 17.3. The average molecular weight is 374 g/mol. The number of halogens is 1. The lowest BCUT2D eigenvalue weighted by Crippen LogP contribution is -2.55. The Balaban J connectivity index is 1.55. The quantitative estimate of drug-likeness (QED) is 0.794. The summed E-state index contributed by atoms with van der Waals surface area (Å²) < 4.78 is 23.3. The molecule has 2 atom stereocenters. The molecule has 0 saturated carbocycles. The number of carbonyl (C=O) groups is 1. The van der Waals surface area contributed by atoms with Gasteiger partial charge in [-0.1, -0.05) is 23.7 Å². The van der Waals surface area contributed by atoms with Crippen molar-refractivity contribution >= 4 is 33.2 Å². The van der Waals surface area contributed by atoms with E-state index in [1.807, 2.05) is 4.90 Å². The molecule has 0 bridgehead atoms. The summed E-state index contributed by atoms with van der Waals surface area (Å²) in [5, 5.41) is 13.2. The number of amides is 2. The van der Waals surface area contributed by atoms with Crippen LogP contribution in [-0.4, -0.2) is 79.2 Å². The van der Waals surface area contributed by atoms with Crippen molar-refractivity contribution in [2.75, 3.05) is 43.0 Å². The van der Waals surface area contributed by atoms with Crippen LogP contribution in [-0.2, 0) is 9.84 Å². The van der Waals surface area contributed by atoms with E-state index >= 15 is 0 Å². The molecule has 9 heteroatoms. The van der Waals surface area contributed by atoms with Gasteiger partial charge in [-0.2, -0.15) is 0 Å². The number of anilines is 1. The zero-order valence-corrected chi connectivity index (χ0v) is 14.6. The summed E-state index contributed by atoms with van der Waals surface area (Å²) >= 11 is 6.03. The predicted octanol–water partition coefficient (Wildman–Crippen LogP) is 0.647. The molecule has 0 aromatic heterocycles. The highest BCUT2D eigenvalue weighted by atomic mass is 35.5. The van der Waals surface area contributed by atoms with Gasteiger partial charge in [0.25, 0.3) is 0 Å². The summed E-state index contributed by atoms with van der Waals surface area (Å²) in [5.74, 6) is -0.190. The van der Waals surface area contributed by atoms with E-state index in [0.29, 0.717) is 36.9 Å². The summed E-state index contributed by atoms with van der Waals surface area (Å²) in [4.78, 5) is 15.9. The van der Waals surface area contributed by atoms with Gasteiger partial charge in [-0.3, -0.25) is 4.90 Å². The molecule has 2 heterocycles. The number of nitrogens with one attached hydrogen (secondary N) is 1. The first kappa shape index (κ1) is 17.5. The fraction of sp³-hybridized carbons (Fsp3) is 0.533. The van der Waals surface area contributed by atoms with E-state index in [9.17, 15) is 18.3 Å². The van der Waals surface area contributed by atoms with E-state index < -0.39 is 15.9 Å². The van der Waals surface area contributed by atoms with Gasteiger partial charge in [-0.25, -0.2) is 13.2 Å². The van der Waals surface area contributed by atoms with Gasteiger partial charge < -0.3 is 15.3 Å². The second-order valence-corrected chi connectivity index (χ2v) is 8.71. The molecule has 0 radical (unpaired) electrons. The monoisotopic (exact) mass is 373 g/mol. The first-order valence-electron chi connectivity index (χ1n) is 7.79. The second kappa shape index (κ2) is 6.87. The Bertz CT molecular complexity index is 719. The van der Waals surface area contributed by atoms with Crippen LogP contribution in [0.3, 0.4) is 0 Å². The van der Waals surface area contributed by atoms with Crippen molar-refractivity contribution in [3.8, 4) is 0 Å². The highest BCUT2D eigenvalue weighted by Crippen LogP contribution is 2.22. The van der Waals surface area contributed by atoms with Crippen molar-refractivity contribution in [1.82, 2.24) is 9.80 Å². The molecule has 7 nitrogen and oxygen atoms in total. The highest BCUT2D eigenvalue weighted by molar-refractivity contribution is 7.91. The minimum atomic E-state index is -3.17.